The van der Waals surface area contributed by atoms with Crippen LogP contribution in [0.1, 0.15) is 69.9 Å². The molecule has 4 aliphatic rings. The quantitative estimate of drug-likeness (QED) is 0.538. The maximum absolute atomic E-state index is 13.1. The molecule has 184 valence electrons. The van der Waals surface area contributed by atoms with Crippen molar-refractivity contribution in [2.24, 2.45) is 5.41 Å². The van der Waals surface area contributed by atoms with Crippen molar-refractivity contribution in [2.45, 2.75) is 64.3 Å². The number of hydrogen-bond acceptors (Lipinski definition) is 3. The first-order chi connectivity index (χ1) is 16.8. The molecule has 5 rings (SSSR count). The summed E-state index contributed by atoms with van der Waals surface area (Å²) in [7, 11) is 2.22. The molecule has 1 aliphatic heterocycles. The molecule has 0 spiro atoms. The molecule has 1 aromatic carbocycles. The van der Waals surface area contributed by atoms with Gasteiger partial charge < -0.3 is 10.2 Å². The average molecular weight is 471 g/mol. The average Bonchev–Trinajstić information content (AvgIpc) is 3.30. The lowest BCUT2D eigenvalue weighted by molar-refractivity contribution is -0.112. The Bertz CT molecular complexity index is 1140. The van der Waals surface area contributed by atoms with E-state index in [1.54, 1.807) is 6.08 Å². The van der Waals surface area contributed by atoms with Crippen LogP contribution in [-0.4, -0.2) is 48.9 Å². The Kier molecular flexibility index (Phi) is 6.46. The van der Waals surface area contributed by atoms with Gasteiger partial charge in [-0.2, -0.15) is 0 Å². The summed E-state index contributed by atoms with van der Waals surface area (Å²) in [6, 6.07) is 6.79. The van der Waals surface area contributed by atoms with E-state index in [9.17, 15) is 4.79 Å². The zero-order chi connectivity index (χ0) is 24.6. The predicted octanol–water partition coefficient (Wildman–Crippen LogP) is 5.98. The van der Waals surface area contributed by atoms with Crippen molar-refractivity contribution >= 4 is 17.2 Å². The van der Waals surface area contributed by atoms with Gasteiger partial charge in [0, 0.05) is 48.5 Å². The molecule has 1 saturated heterocycles. The number of nitrogens with one attached hydrogen (secondary N) is 1. The van der Waals surface area contributed by atoms with Gasteiger partial charge in [-0.15, -0.1) is 0 Å². The van der Waals surface area contributed by atoms with E-state index in [1.807, 2.05) is 6.08 Å². The minimum absolute atomic E-state index is 0.0944. The van der Waals surface area contributed by atoms with E-state index in [-0.39, 0.29) is 11.4 Å². The maximum atomic E-state index is 13.1. The summed E-state index contributed by atoms with van der Waals surface area (Å²) >= 11 is 0. The number of allylic oxidation sites excluding steroid dienone is 4. The van der Waals surface area contributed by atoms with Crippen LogP contribution in [0.25, 0.3) is 10.4 Å². The van der Waals surface area contributed by atoms with Crippen LogP contribution in [0.3, 0.4) is 0 Å². The summed E-state index contributed by atoms with van der Waals surface area (Å²) in [6.07, 6.45) is 13.4. The predicted molar refractivity (Wildman–Crippen MR) is 143 cm³/mol. The van der Waals surface area contributed by atoms with Crippen LogP contribution >= 0.6 is 0 Å². The number of amides is 1. The van der Waals surface area contributed by atoms with Crippen molar-refractivity contribution in [1.82, 2.24) is 9.80 Å². The molecule has 1 N–H and O–H groups in total. The van der Waals surface area contributed by atoms with Gasteiger partial charge in [-0.1, -0.05) is 32.1 Å². The Balaban J connectivity index is 1.48. The highest BCUT2D eigenvalue weighted by Crippen LogP contribution is 2.49. The first kappa shape index (κ1) is 24.0. The fourth-order valence-electron chi connectivity index (χ4n) is 6.01. The van der Waals surface area contributed by atoms with Crippen LogP contribution in [0.2, 0.25) is 0 Å². The lowest BCUT2D eigenvalue weighted by atomic mass is 9.69. The van der Waals surface area contributed by atoms with Crippen molar-refractivity contribution < 1.29 is 4.79 Å². The largest absolute Gasteiger partial charge is 0.322 e. The first-order valence-electron chi connectivity index (χ1n) is 13.2. The Labute approximate surface area is 210 Å². The van der Waals surface area contributed by atoms with Gasteiger partial charge in [0.05, 0.1) is 6.57 Å². The molecule has 1 amide bonds. The lowest BCUT2D eigenvalue weighted by Crippen LogP contribution is -2.57. The zero-order valence-corrected chi connectivity index (χ0v) is 21.5. The fourth-order valence-corrected chi connectivity index (χ4v) is 6.01. The van der Waals surface area contributed by atoms with Crippen LogP contribution in [0, 0.1) is 12.0 Å². The minimum Gasteiger partial charge on any atom is -0.322 e. The van der Waals surface area contributed by atoms with Gasteiger partial charge in [0.2, 0.25) is 0 Å². The Morgan fingerprint density at radius 1 is 1.09 bits per heavy atom. The van der Waals surface area contributed by atoms with Crippen molar-refractivity contribution in [1.29, 1.82) is 0 Å². The molecule has 0 atom stereocenters. The lowest BCUT2D eigenvalue weighted by Gasteiger charge is -2.53. The first-order valence-corrected chi connectivity index (χ1v) is 13.2. The summed E-state index contributed by atoms with van der Waals surface area (Å²) in [5.74, 6) is -0.0944. The molecule has 5 heteroatoms. The van der Waals surface area contributed by atoms with E-state index < -0.39 is 0 Å². The van der Waals surface area contributed by atoms with Gasteiger partial charge in [-0.3, -0.25) is 9.69 Å². The third kappa shape index (κ3) is 4.75. The molecule has 0 radical (unpaired) electrons. The smallest absolute Gasteiger partial charge is 0.250 e. The number of piperazine rings is 1. The molecule has 1 saturated carbocycles. The number of rotatable bonds is 5. The molecule has 2 fully saturated rings. The highest BCUT2D eigenvalue weighted by atomic mass is 16.1. The molecule has 35 heavy (non-hydrogen) atoms. The SMILES string of the molecule is [C-]#[N+]C1=CCC(C(=O)Nc2ccc(C3(N4CCN(C)CC4)CCC3)cc2C2=CCC(C)(C)CC2)=C1. The molecule has 1 aromatic rings. The van der Waals surface area contributed by atoms with Crippen LogP contribution < -0.4 is 5.32 Å². The molecule has 5 nitrogen and oxygen atoms in total. The number of carbonyl (C=O) groups is 1. The molecule has 0 unspecified atom stereocenters. The molecular weight excluding hydrogens is 432 g/mol. The number of likely N-dealkylation sites (N-methyl/N-ethyl adjacent to an activating group) is 1. The van der Waals surface area contributed by atoms with Crippen molar-refractivity contribution in [3.05, 3.63) is 70.2 Å². The van der Waals surface area contributed by atoms with Crippen LogP contribution in [0.5, 0.6) is 0 Å². The molecular formula is C30H38N4O. The topological polar surface area (TPSA) is 39.9 Å². The van der Waals surface area contributed by atoms with Gasteiger partial charge in [-0.25, -0.2) is 4.85 Å². The van der Waals surface area contributed by atoms with Crippen LogP contribution in [-0.2, 0) is 10.3 Å². The minimum atomic E-state index is -0.0944. The van der Waals surface area contributed by atoms with E-state index in [4.69, 9.17) is 6.57 Å². The Hall–Kier alpha value is -2.68. The van der Waals surface area contributed by atoms with E-state index in [0.717, 1.165) is 51.1 Å². The highest BCUT2D eigenvalue weighted by Gasteiger charge is 2.44. The third-order valence-corrected chi connectivity index (χ3v) is 8.69. The number of carbonyl (C=O) groups excluding carboxylic acids is 1. The van der Waals surface area contributed by atoms with Crippen molar-refractivity contribution in [3.8, 4) is 0 Å². The van der Waals surface area contributed by atoms with Crippen molar-refractivity contribution in [2.75, 3.05) is 38.5 Å². The summed E-state index contributed by atoms with van der Waals surface area (Å²) in [5, 5.41) is 3.21. The number of anilines is 1. The second-order valence-corrected chi connectivity index (χ2v) is 11.6. The maximum Gasteiger partial charge on any atom is 0.250 e. The van der Waals surface area contributed by atoms with Crippen LogP contribution in [0.4, 0.5) is 5.69 Å². The molecule has 1 heterocycles. The Morgan fingerprint density at radius 3 is 2.46 bits per heavy atom. The summed E-state index contributed by atoms with van der Waals surface area (Å²) in [4.78, 5) is 21.7. The standard InChI is InChI=1S/C30H38N4O/c1-29(2)14-10-22(11-15-29)26-21-24(30(12-5-13-30)34-18-16-33(4)17-19-34)7-9-27(26)32-28(35)23-6-8-25(20-23)31-3/h7-10,20-21H,5-6,11-19H2,1-2,4H3,(H,32,35). The number of benzene rings is 1. The summed E-state index contributed by atoms with van der Waals surface area (Å²) in [5.41, 5.74) is 6.53. The normalized spacial score (nSPS) is 24.0. The van der Waals surface area contributed by atoms with Gasteiger partial charge in [0.25, 0.3) is 5.91 Å². The van der Waals surface area contributed by atoms with Gasteiger partial charge in [-0.05, 0) is 86.8 Å². The second kappa shape index (κ2) is 9.41. The summed E-state index contributed by atoms with van der Waals surface area (Å²) in [6.45, 7) is 16.4. The highest BCUT2D eigenvalue weighted by molar-refractivity contribution is 6.06. The van der Waals surface area contributed by atoms with Gasteiger partial charge in [0.1, 0.15) is 0 Å². The monoisotopic (exact) mass is 470 g/mol. The van der Waals surface area contributed by atoms with Gasteiger partial charge >= 0.3 is 0 Å². The van der Waals surface area contributed by atoms with Gasteiger partial charge in [0.15, 0.2) is 5.70 Å². The fraction of sp³-hybridized carbons (Fsp3) is 0.533. The second-order valence-electron chi connectivity index (χ2n) is 11.6. The Morgan fingerprint density at radius 2 is 1.86 bits per heavy atom. The number of nitrogens with zero attached hydrogens (tertiary/aromatic N) is 3. The van der Waals surface area contributed by atoms with E-state index >= 15 is 0 Å². The molecule has 3 aliphatic carbocycles. The molecule has 0 aromatic heterocycles. The summed E-state index contributed by atoms with van der Waals surface area (Å²) < 4.78 is 0. The van der Waals surface area contributed by atoms with E-state index in [0.29, 0.717) is 23.1 Å². The van der Waals surface area contributed by atoms with E-state index in [2.05, 4.69) is 65.1 Å². The van der Waals surface area contributed by atoms with Crippen LogP contribution in [0.15, 0.2) is 47.7 Å². The molecule has 0 bridgehead atoms. The number of hydrogen-bond donors (Lipinski definition) is 1. The van der Waals surface area contributed by atoms with Crippen molar-refractivity contribution in [3.63, 3.8) is 0 Å². The van der Waals surface area contributed by atoms with E-state index in [1.165, 1.54) is 36.0 Å². The zero-order valence-electron chi connectivity index (χ0n) is 21.5. The third-order valence-electron chi connectivity index (χ3n) is 8.69.